The number of nitrogens with one attached hydrogen (secondary N) is 1. The van der Waals surface area contributed by atoms with E-state index in [-0.39, 0.29) is 24.8 Å². The number of amides is 2. The third-order valence-electron chi connectivity index (χ3n) is 5.34. The van der Waals surface area contributed by atoms with E-state index in [9.17, 15) is 9.59 Å². The van der Waals surface area contributed by atoms with Crippen LogP contribution in [0.25, 0.3) is 0 Å². The normalized spacial score (nSPS) is 11.6. The maximum Gasteiger partial charge on any atom is 0.242 e. The average molecular weight is 469 g/mol. The standard InChI is InChI=1S/C26H26Cl2N2O2/c1-29-26(32)24(16-20-10-6-3-7-11-20)30(18-21-13-14-22(27)17-23(21)28)25(31)15-12-19-8-4-2-5-9-19/h2-11,13-14,17,24H,12,15-16,18H2,1H3,(H,29,32)/t24-/m0/s1. The molecule has 0 saturated carbocycles. The van der Waals surface area contributed by atoms with Crippen LogP contribution in [0.4, 0.5) is 0 Å². The first-order chi connectivity index (χ1) is 15.5. The van der Waals surface area contributed by atoms with Crippen LogP contribution in [0.5, 0.6) is 0 Å². The molecule has 1 N–H and O–H groups in total. The molecule has 0 bridgehead atoms. The summed E-state index contributed by atoms with van der Waals surface area (Å²) in [6, 6.07) is 24.0. The van der Waals surface area contributed by atoms with E-state index in [2.05, 4.69) is 5.32 Å². The summed E-state index contributed by atoms with van der Waals surface area (Å²) in [7, 11) is 1.59. The molecule has 0 aromatic heterocycles. The van der Waals surface area contributed by atoms with E-state index in [0.717, 1.165) is 16.7 Å². The van der Waals surface area contributed by atoms with Gasteiger partial charge in [0.25, 0.3) is 0 Å². The maximum atomic E-state index is 13.4. The van der Waals surface area contributed by atoms with E-state index in [4.69, 9.17) is 23.2 Å². The molecule has 0 spiro atoms. The molecular formula is C26H26Cl2N2O2. The van der Waals surface area contributed by atoms with Crippen LogP contribution in [-0.2, 0) is 29.0 Å². The Balaban J connectivity index is 1.90. The minimum absolute atomic E-state index is 0.107. The molecular weight excluding hydrogens is 443 g/mol. The van der Waals surface area contributed by atoms with Gasteiger partial charge < -0.3 is 10.2 Å². The number of rotatable bonds is 9. The number of hydrogen-bond acceptors (Lipinski definition) is 2. The van der Waals surface area contributed by atoms with Crippen LogP contribution in [0.1, 0.15) is 23.1 Å². The van der Waals surface area contributed by atoms with E-state index < -0.39 is 6.04 Å². The average Bonchev–Trinajstić information content (AvgIpc) is 2.81. The van der Waals surface area contributed by atoms with Crippen molar-refractivity contribution in [2.24, 2.45) is 0 Å². The molecule has 0 unspecified atom stereocenters. The van der Waals surface area contributed by atoms with E-state index in [0.29, 0.717) is 22.9 Å². The van der Waals surface area contributed by atoms with Crippen molar-refractivity contribution in [1.29, 1.82) is 0 Å². The second-order valence-corrected chi connectivity index (χ2v) is 8.41. The highest BCUT2D eigenvalue weighted by molar-refractivity contribution is 6.35. The van der Waals surface area contributed by atoms with Gasteiger partial charge in [-0.15, -0.1) is 0 Å². The predicted molar refractivity (Wildman–Crippen MR) is 130 cm³/mol. The summed E-state index contributed by atoms with van der Waals surface area (Å²) in [5, 5.41) is 3.70. The minimum atomic E-state index is -0.669. The molecule has 166 valence electrons. The molecule has 0 aliphatic rings. The summed E-state index contributed by atoms with van der Waals surface area (Å²) < 4.78 is 0. The Labute approximate surface area is 199 Å². The first-order valence-corrected chi connectivity index (χ1v) is 11.3. The molecule has 32 heavy (non-hydrogen) atoms. The summed E-state index contributed by atoms with van der Waals surface area (Å²) in [5.41, 5.74) is 2.79. The van der Waals surface area contributed by atoms with Gasteiger partial charge >= 0.3 is 0 Å². The van der Waals surface area contributed by atoms with Crippen molar-refractivity contribution in [3.05, 3.63) is 106 Å². The number of nitrogens with zero attached hydrogens (tertiary/aromatic N) is 1. The van der Waals surface area contributed by atoms with Gasteiger partial charge in [0.1, 0.15) is 6.04 Å². The third kappa shape index (κ3) is 6.59. The van der Waals surface area contributed by atoms with Gasteiger partial charge in [0, 0.05) is 36.5 Å². The smallest absolute Gasteiger partial charge is 0.242 e. The van der Waals surface area contributed by atoms with Crippen LogP contribution in [0, 0.1) is 0 Å². The highest BCUT2D eigenvalue weighted by atomic mass is 35.5. The summed E-state index contributed by atoms with van der Waals surface area (Å²) in [6.45, 7) is 0.217. The molecule has 6 heteroatoms. The van der Waals surface area contributed by atoms with Crippen LogP contribution < -0.4 is 5.32 Å². The van der Waals surface area contributed by atoms with E-state index in [1.165, 1.54) is 0 Å². The second-order valence-electron chi connectivity index (χ2n) is 7.56. The number of aryl methyl sites for hydroxylation is 1. The lowest BCUT2D eigenvalue weighted by molar-refractivity contribution is -0.141. The molecule has 0 aliphatic heterocycles. The zero-order valence-electron chi connectivity index (χ0n) is 17.9. The largest absolute Gasteiger partial charge is 0.357 e. The van der Waals surface area contributed by atoms with Crippen LogP contribution in [-0.4, -0.2) is 29.8 Å². The van der Waals surface area contributed by atoms with Gasteiger partial charge in [-0.1, -0.05) is 89.9 Å². The number of carbonyl (C=O) groups excluding carboxylic acids is 2. The molecule has 3 aromatic carbocycles. The Kier molecular flexibility index (Phi) is 8.72. The number of hydrogen-bond donors (Lipinski definition) is 1. The Morgan fingerprint density at radius 2 is 1.53 bits per heavy atom. The summed E-state index contributed by atoms with van der Waals surface area (Å²) in [5.74, 6) is -0.323. The number of halogens is 2. The zero-order chi connectivity index (χ0) is 22.9. The van der Waals surface area contributed by atoms with Crippen LogP contribution in [0.15, 0.2) is 78.9 Å². The van der Waals surface area contributed by atoms with E-state index in [1.807, 2.05) is 60.7 Å². The molecule has 0 heterocycles. The minimum Gasteiger partial charge on any atom is -0.357 e. The van der Waals surface area contributed by atoms with Gasteiger partial charge in [-0.2, -0.15) is 0 Å². The SMILES string of the molecule is CNC(=O)[C@H](Cc1ccccc1)N(Cc1ccc(Cl)cc1Cl)C(=O)CCc1ccccc1. The van der Waals surface area contributed by atoms with Crippen molar-refractivity contribution in [2.75, 3.05) is 7.05 Å². The van der Waals surface area contributed by atoms with Crippen molar-refractivity contribution in [3.63, 3.8) is 0 Å². The molecule has 0 aliphatic carbocycles. The third-order valence-corrected chi connectivity index (χ3v) is 5.93. The van der Waals surface area contributed by atoms with Gasteiger partial charge in [0.05, 0.1) is 0 Å². The van der Waals surface area contributed by atoms with Crippen molar-refractivity contribution < 1.29 is 9.59 Å². The quantitative estimate of drug-likeness (QED) is 0.462. The fraction of sp³-hybridized carbons (Fsp3) is 0.231. The summed E-state index contributed by atoms with van der Waals surface area (Å²) >= 11 is 12.5. The molecule has 0 saturated heterocycles. The van der Waals surface area contributed by atoms with Crippen LogP contribution >= 0.6 is 23.2 Å². The topological polar surface area (TPSA) is 49.4 Å². The van der Waals surface area contributed by atoms with Crippen molar-refractivity contribution in [2.45, 2.75) is 31.8 Å². The molecule has 0 fully saturated rings. The number of benzene rings is 3. The fourth-order valence-corrected chi connectivity index (χ4v) is 4.06. The molecule has 4 nitrogen and oxygen atoms in total. The second kappa shape index (κ2) is 11.7. The van der Waals surface area contributed by atoms with Crippen molar-refractivity contribution in [1.82, 2.24) is 10.2 Å². The van der Waals surface area contributed by atoms with Gasteiger partial charge in [-0.25, -0.2) is 0 Å². The predicted octanol–water partition coefficient (Wildman–Crippen LogP) is 5.31. The highest BCUT2D eigenvalue weighted by Gasteiger charge is 2.30. The Bertz CT molecular complexity index is 1040. The number of likely N-dealkylation sites (N-methyl/N-ethyl adjacent to an activating group) is 1. The van der Waals surface area contributed by atoms with E-state index >= 15 is 0 Å². The van der Waals surface area contributed by atoms with Crippen molar-refractivity contribution in [3.8, 4) is 0 Å². The van der Waals surface area contributed by atoms with Gasteiger partial charge in [0.2, 0.25) is 11.8 Å². The summed E-state index contributed by atoms with van der Waals surface area (Å²) in [4.78, 5) is 28.0. The van der Waals surface area contributed by atoms with Gasteiger partial charge in [-0.05, 0) is 35.2 Å². The summed E-state index contributed by atoms with van der Waals surface area (Å²) in [6.07, 6.45) is 1.29. The van der Waals surface area contributed by atoms with Crippen LogP contribution in [0.3, 0.4) is 0 Å². The first kappa shape index (κ1) is 23.8. The molecule has 0 radical (unpaired) electrons. The molecule has 3 aromatic rings. The van der Waals surface area contributed by atoms with E-state index in [1.54, 1.807) is 30.1 Å². The molecule has 1 atom stereocenters. The number of carbonyl (C=O) groups is 2. The molecule has 3 rings (SSSR count). The monoisotopic (exact) mass is 468 g/mol. The Morgan fingerprint density at radius 1 is 0.906 bits per heavy atom. The lowest BCUT2D eigenvalue weighted by Gasteiger charge is -2.31. The fourth-order valence-electron chi connectivity index (χ4n) is 3.59. The Hall–Kier alpha value is -2.82. The lowest BCUT2D eigenvalue weighted by atomic mass is 10.0. The maximum absolute atomic E-state index is 13.4. The zero-order valence-corrected chi connectivity index (χ0v) is 19.4. The first-order valence-electron chi connectivity index (χ1n) is 10.5. The van der Waals surface area contributed by atoms with Crippen molar-refractivity contribution >= 4 is 35.0 Å². The van der Waals surface area contributed by atoms with Crippen LogP contribution in [0.2, 0.25) is 10.0 Å². The van der Waals surface area contributed by atoms with Gasteiger partial charge in [0.15, 0.2) is 0 Å². The lowest BCUT2D eigenvalue weighted by Crippen LogP contribution is -2.49. The Morgan fingerprint density at radius 3 is 2.12 bits per heavy atom. The molecule has 2 amide bonds. The van der Waals surface area contributed by atoms with Gasteiger partial charge in [-0.3, -0.25) is 9.59 Å². The highest BCUT2D eigenvalue weighted by Crippen LogP contribution is 2.24.